The Balaban J connectivity index is 1.69. The summed E-state index contributed by atoms with van der Waals surface area (Å²) in [5, 5.41) is 9.70. The molecule has 4 aromatic rings. The number of allylic oxidation sites excluding steroid dienone is 1. The number of fused-ring (bicyclic) bond motifs is 1. The van der Waals surface area contributed by atoms with Gasteiger partial charge in [0.2, 0.25) is 0 Å². The van der Waals surface area contributed by atoms with Crippen molar-refractivity contribution in [3.05, 3.63) is 80.4 Å². The van der Waals surface area contributed by atoms with E-state index in [-0.39, 0.29) is 0 Å². The van der Waals surface area contributed by atoms with Crippen LogP contribution in [0.25, 0.3) is 22.0 Å². The number of para-hydroxylation sites is 1. The quantitative estimate of drug-likeness (QED) is 0.225. The zero-order valence-corrected chi connectivity index (χ0v) is 19.5. The maximum absolute atomic E-state index is 9.70. The molecule has 0 aliphatic heterocycles. The molecule has 6 heteroatoms. The van der Waals surface area contributed by atoms with Crippen LogP contribution in [0.5, 0.6) is 0 Å². The van der Waals surface area contributed by atoms with Gasteiger partial charge in [-0.15, -0.1) is 11.3 Å². The summed E-state index contributed by atoms with van der Waals surface area (Å²) in [4.78, 5) is 5.27. The Labute approximate surface area is 186 Å². The molecule has 0 amide bonds. The van der Waals surface area contributed by atoms with E-state index in [4.69, 9.17) is 0 Å². The molecule has 0 N–H and O–H groups in total. The van der Waals surface area contributed by atoms with E-state index < -0.39 is 0 Å². The molecule has 3 nitrogen and oxygen atoms in total. The van der Waals surface area contributed by atoms with E-state index in [1.165, 1.54) is 17.3 Å². The molecule has 0 saturated carbocycles. The number of nitrogens with zero attached hydrogens (tertiary/aromatic N) is 3. The van der Waals surface area contributed by atoms with Gasteiger partial charge in [0.25, 0.3) is 0 Å². The summed E-state index contributed by atoms with van der Waals surface area (Å²) in [5.74, 6) is 0. The molecular formula is C23H18BrN3S2. The van der Waals surface area contributed by atoms with Crippen LogP contribution in [0, 0.1) is 32.1 Å². The lowest BCUT2D eigenvalue weighted by molar-refractivity contribution is 0.962. The van der Waals surface area contributed by atoms with Crippen LogP contribution in [0.2, 0.25) is 0 Å². The number of hydrogen-bond donors (Lipinski definition) is 0. The lowest BCUT2D eigenvalue weighted by Crippen LogP contribution is -1.99. The fourth-order valence-corrected chi connectivity index (χ4v) is 5.60. The molecule has 0 saturated heterocycles. The summed E-state index contributed by atoms with van der Waals surface area (Å²) in [6.07, 6.45) is 1.96. The Kier molecular flexibility index (Phi) is 5.64. The van der Waals surface area contributed by atoms with E-state index in [0.29, 0.717) is 4.91 Å². The maximum Gasteiger partial charge on any atom is 0.156 e. The molecule has 2 aromatic heterocycles. The van der Waals surface area contributed by atoms with Crippen LogP contribution in [-0.4, -0.2) is 9.55 Å². The molecule has 0 aliphatic rings. The molecule has 0 aliphatic carbocycles. The minimum atomic E-state index is 0.634. The van der Waals surface area contributed by atoms with Gasteiger partial charge in [-0.1, -0.05) is 34.1 Å². The second-order valence-corrected chi connectivity index (χ2v) is 9.94. The highest BCUT2D eigenvalue weighted by atomic mass is 79.9. The van der Waals surface area contributed by atoms with Gasteiger partial charge in [0, 0.05) is 21.5 Å². The first-order valence-electron chi connectivity index (χ1n) is 9.07. The third kappa shape index (κ3) is 4.04. The molecule has 29 heavy (non-hydrogen) atoms. The van der Waals surface area contributed by atoms with Crippen LogP contribution in [0.3, 0.4) is 0 Å². The van der Waals surface area contributed by atoms with Gasteiger partial charge in [-0.25, -0.2) is 4.98 Å². The van der Waals surface area contributed by atoms with Crippen LogP contribution in [-0.2, 0) is 0 Å². The van der Waals surface area contributed by atoms with Crippen LogP contribution in [0.1, 0.15) is 22.5 Å². The summed E-state index contributed by atoms with van der Waals surface area (Å²) in [7, 11) is 0. The van der Waals surface area contributed by atoms with Crippen LogP contribution in [0.4, 0.5) is 0 Å². The molecular weight excluding hydrogens is 462 g/mol. The van der Waals surface area contributed by atoms with Crippen LogP contribution >= 0.6 is 39.0 Å². The molecule has 0 unspecified atom stereocenters. The van der Waals surface area contributed by atoms with Crippen molar-refractivity contribution in [2.75, 3.05) is 0 Å². The Morgan fingerprint density at radius 1 is 1.17 bits per heavy atom. The van der Waals surface area contributed by atoms with Crippen molar-refractivity contribution in [2.24, 2.45) is 0 Å². The summed E-state index contributed by atoms with van der Waals surface area (Å²) >= 11 is 6.66. The zero-order valence-electron chi connectivity index (χ0n) is 16.2. The SMILES string of the molecule is Cc1ccc(-n2c(C)cc(/C=C(\C#N)Sc3nc4ccccc4s3)c2C)cc1Br. The highest BCUT2D eigenvalue weighted by Gasteiger charge is 2.13. The number of aryl methyl sites for hydroxylation is 2. The summed E-state index contributed by atoms with van der Waals surface area (Å²) < 4.78 is 5.32. The second kappa shape index (κ2) is 8.19. The summed E-state index contributed by atoms with van der Waals surface area (Å²) in [6.45, 7) is 6.25. The van der Waals surface area contributed by atoms with E-state index in [0.717, 1.165) is 41.7 Å². The standard InChI is InChI=1S/C23H18BrN3S2/c1-14-8-9-18(12-20(14)24)27-15(2)10-17(16(27)3)11-19(13-25)28-23-26-21-6-4-5-7-22(21)29-23/h4-12H,1-3H3/b19-11+. The Hall–Kier alpha value is -2.33. The third-order valence-corrected chi connectivity index (χ3v) is 7.63. The zero-order chi connectivity index (χ0) is 20.5. The van der Waals surface area contributed by atoms with E-state index >= 15 is 0 Å². The molecule has 0 atom stereocenters. The minimum absolute atomic E-state index is 0.634. The molecule has 0 spiro atoms. The highest BCUT2D eigenvalue weighted by molar-refractivity contribution is 9.10. The smallest absolute Gasteiger partial charge is 0.156 e. The number of halogens is 1. The van der Waals surface area contributed by atoms with E-state index in [1.54, 1.807) is 11.3 Å². The molecule has 0 fully saturated rings. The van der Waals surface area contributed by atoms with Gasteiger partial charge >= 0.3 is 0 Å². The molecule has 0 bridgehead atoms. The lowest BCUT2D eigenvalue weighted by Gasteiger charge is -2.11. The van der Waals surface area contributed by atoms with Gasteiger partial charge in [0.1, 0.15) is 6.07 Å². The molecule has 144 valence electrons. The van der Waals surface area contributed by atoms with Crippen molar-refractivity contribution in [2.45, 2.75) is 25.1 Å². The van der Waals surface area contributed by atoms with Gasteiger partial charge in [0.05, 0.1) is 15.1 Å². The first-order valence-corrected chi connectivity index (χ1v) is 11.5. The first-order chi connectivity index (χ1) is 14.0. The monoisotopic (exact) mass is 479 g/mol. The van der Waals surface area contributed by atoms with Crippen molar-refractivity contribution in [1.82, 2.24) is 9.55 Å². The fraction of sp³-hybridized carbons (Fsp3) is 0.130. The Morgan fingerprint density at radius 3 is 2.69 bits per heavy atom. The first kappa shape index (κ1) is 20.0. The average molecular weight is 480 g/mol. The molecule has 0 radical (unpaired) electrons. The van der Waals surface area contributed by atoms with Crippen molar-refractivity contribution < 1.29 is 0 Å². The van der Waals surface area contributed by atoms with Gasteiger partial charge in [-0.2, -0.15) is 5.26 Å². The minimum Gasteiger partial charge on any atom is -0.318 e. The van der Waals surface area contributed by atoms with Crippen molar-refractivity contribution in [1.29, 1.82) is 5.26 Å². The number of thioether (sulfide) groups is 1. The van der Waals surface area contributed by atoms with Crippen molar-refractivity contribution in [3.63, 3.8) is 0 Å². The summed E-state index contributed by atoms with van der Waals surface area (Å²) in [6, 6.07) is 18.9. The number of benzene rings is 2. The van der Waals surface area contributed by atoms with Gasteiger partial charge in [-0.3, -0.25) is 0 Å². The number of hydrogen-bond acceptors (Lipinski definition) is 4. The highest BCUT2D eigenvalue weighted by Crippen LogP contribution is 2.35. The van der Waals surface area contributed by atoms with Gasteiger partial charge < -0.3 is 4.57 Å². The van der Waals surface area contributed by atoms with Crippen molar-refractivity contribution >= 4 is 55.3 Å². The second-order valence-electron chi connectivity index (χ2n) is 6.77. The third-order valence-electron chi connectivity index (χ3n) is 4.75. The number of aromatic nitrogens is 2. The Morgan fingerprint density at radius 2 is 1.97 bits per heavy atom. The summed E-state index contributed by atoms with van der Waals surface area (Å²) in [5.41, 5.74) is 6.57. The van der Waals surface area contributed by atoms with E-state index in [2.05, 4.69) is 82.7 Å². The number of thiazole rings is 1. The lowest BCUT2D eigenvalue weighted by atomic mass is 10.2. The number of rotatable bonds is 4. The molecule has 2 heterocycles. The van der Waals surface area contributed by atoms with Gasteiger partial charge in [0.15, 0.2) is 4.34 Å². The topological polar surface area (TPSA) is 41.6 Å². The van der Waals surface area contributed by atoms with Crippen LogP contribution in [0.15, 0.2) is 62.2 Å². The normalized spacial score (nSPS) is 11.8. The van der Waals surface area contributed by atoms with E-state index in [9.17, 15) is 5.26 Å². The van der Waals surface area contributed by atoms with Gasteiger partial charge in [-0.05, 0) is 80.1 Å². The van der Waals surface area contributed by atoms with Crippen LogP contribution < -0.4 is 0 Å². The predicted molar refractivity (Wildman–Crippen MR) is 127 cm³/mol. The number of nitriles is 1. The fourth-order valence-electron chi connectivity index (χ4n) is 3.27. The predicted octanol–water partition coefficient (Wildman–Crippen LogP) is 7.43. The Bertz CT molecular complexity index is 1260. The van der Waals surface area contributed by atoms with E-state index in [1.807, 2.05) is 24.3 Å². The average Bonchev–Trinajstić information content (AvgIpc) is 3.23. The van der Waals surface area contributed by atoms with Crippen molar-refractivity contribution in [3.8, 4) is 11.8 Å². The molecule has 4 rings (SSSR count). The molecule has 2 aromatic carbocycles. The largest absolute Gasteiger partial charge is 0.318 e. The maximum atomic E-state index is 9.70.